The molecule has 0 radical (unpaired) electrons. The van der Waals surface area contributed by atoms with E-state index in [0.717, 1.165) is 0 Å². The van der Waals surface area contributed by atoms with Crippen molar-refractivity contribution in [3.8, 4) is 0 Å². The van der Waals surface area contributed by atoms with E-state index in [2.05, 4.69) is 20.7 Å². The highest BCUT2D eigenvalue weighted by Crippen LogP contribution is 2.15. The Kier molecular flexibility index (Phi) is 4.55. The van der Waals surface area contributed by atoms with Crippen molar-refractivity contribution < 1.29 is 9.59 Å². The van der Waals surface area contributed by atoms with E-state index in [0.29, 0.717) is 18.8 Å². The van der Waals surface area contributed by atoms with Crippen LogP contribution in [-0.4, -0.2) is 39.8 Å². The second-order valence-corrected chi connectivity index (χ2v) is 5.33. The maximum absolute atomic E-state index is 12.3. The molecule has 1 atom stereocenters. The zero-order valence-electron chi connectivity index (χ0n) is 13.2. The summed E-state index contributed by atoms with van der Waals surface area (Å²) in [7, 11) is 0. The second kappa shape index (κ2) is 6.95. The van der Waals surface area contributed by atoms with E-state index in [1.807, 2.05) is 29.0 Å². The molecule has 24 heavy (non-hydrogen) atoms. The molecule has 1 aromatic carbocycles. The first kappa shape index (κ1) is 15.7. The maximum Gasteiger partial charge on any atom is 0.288 e. The van der Waals surface area contributed by atoms with Gasteiger partial charge in [-0.15, -0.1) is 0 Å². The Bertz CT molecular complexity index is 741. The number of hydrogen-bond acceptors (Lipinski definition) is 5. The van der Waals surface area contributed by atoms with Gasteiger partial charge in [0.25, 0.3) is 11.8 Å². The number of amidine groups is 1. The summed E-state index contributed by atoms with van der Waals surface area (Å²) in [6.07, 6.45) is 5.18. The summed E-state index contributed by atoms with van der Waals surface area (Å²) in [5.41, 5.74) is 3.46. The average molecular weight is 326 g/mol. The number of para-hydroxylation sites is 1. The van der Waals surface area contributed by atoms with Crippen LogP contribution in [0.25, 0.3) is 0 Å². The van der Waals surface area contributed by atoms with Crippen molar-refractivity contribution in [2.45, 2.75) is 19.5 Å². The molecule has 0 saturated carbocycles. The third-order valence-electron chi connectivity index (χ3n) is 3.56. The van der Waals surface area contributed by atoms with Crippen molar-refractivity contribution in [2.75, 3.05) is 11.6 Å². The molecule has 8 nitrogen and oxygen atoms in total. The lowest BCUT2D eigenvalue weighted by Crippen LogP contribution is -2.58. The van der Waals surface area contributed by atoms with Crippen LogP contribution in [0.1, 0.15) is 6.92 Å². The van der Waals surface area contributed by atoms with Crippen molar-refractivity contribution in [2.24, 2.45) is 4.99 Å². The molecule has 124 valence electrons. The average Bonchev–Trinajstić information content (AvgIpc) is 3.11. The Balaban J connectivity index is 1.65. The first-order chi connectivity index (χ1) is 11.6. The fraction of sp³-hybridized carbons (Fsp3) is 0.250. The minimum absolute atomic E-state index is 0.122. The molecule has 1 aromatic heterocycles. The number of hydrazine groups is 1. The van der Waals surface area contributed by atoms with Crippen LogP contribution in [0.3, 0.4) is 0 Å². The fourth-order valence-electron chi connectivity index (χ4n) is 2.31. The molecule has 0 fully saturated rings. The molecule has 0 aliphatic carbocycles. The molecule has 0 spiro atoms. The van der Waals surface area contributed by atoms with E-state index >= 15 is 0 Å². The van der Waals surface area contributed by atoms with E-state index in [1.54, 1.807) is 31.6 Å². The van der Waals surface area contributed by atoms with Gasteiger partial charge in [0.15, 0.2) is 0 Å². The summed E-state index contributed by atoms with van der Waals surface area (Å²) < 4.78 is 1.86. The number of imidazole rings is 1. The van der Waals surface area contributed by atoms with Gasteiger partial charge in [-0.3, -0.25) is 15.0 Å². The van der Waals surface area contributed by atoms with Gasteiger partial charge in [-0.25, -0.2) is 15.0 Å². The normalized spacial score (nSPS) is 17.2. The van der Waals surface area contributed by atoms with E-state index in [4.69, 9.17) is 0 Å². The van der Waals surface area contributed by atoms with Gasteiger partial charge < -0.3 is 9.88 Å². The number of carbonyl (C=O) groups excluding carboxylic acids is 2. The van der Waals surface area contributed by atoms with Gasteiger partial charge in [0.2, 0.25) is 5.84 Å². The van der Waals surface area contributed by atoms with Crippen LogP contribution < -0.4 is 15.8 Å². The third kappa shape index (κ3) is 3.43. The highest BCUT2D eigenvalue weighted by molar-refractivity contribution is 6.39. The van der Waals surface area contributed by atoms with Crippen molar-refractivity contribution in [1.82, 2.24) is 20.3 Å². The van der Waals surface area contributed by atoms with Crippen LogP contribution in [0.5, 0.6) is 0 Å². The predicted molar refractivity (Wildman–Crippen MR) is 89.2 cm³/mol. The number of nitrogens with zero attached hydrogens (tertiary/aromatic N) is 4. The molecule has 0 saturated heterocycles. The quantitative estimate of drug-likeness (QED) is 0.829. The standard InChI is InChI=1S/C16H18N6O2/c1-12-16(24)22(13-5-3-2-4-6-13)20-14(19-12)15(23)18-8-10-21-9-7-17-11-21/h2-7,9,11-12H,8,10H2,1H3,(H,18,23)(H,19,20). The number of hydrogen-bond donors (Lipinski definition) is 2. The summed E-state index contributed by atoms with van der Waals surface area (Å²) in [6.45, 7) is 2.71. The molecule has 2 heterocycles. The lowest BCUT2D eigenvalue weighted by Gasteiger charge is -2.30. The van der Waals surface area contributed by atoms with Gasteiger partial charge in [-0.1, -0.05) is 18.2 Å². The van der Waals surface area contributed by atoms with Crippen LogP contribution >= 0.6 is 0 Å². The van der Waals surface area contributed by atoms with Gasteiger partial charge in [-0.2, -0.15) is 0 Å². The van der Waals surface area contributed by atoms with Crippen LogP contribution in [0, 0.1) is 0 Å². The maximum atomic E-state index is 12.3. The Morgan fingerprint density at radius 3 is 2.83 bits per heavy atom. The van der Waals surface area contributed by atoms with E-state index in [1.165, 1.54) is 5.01 Å². The van der Waals surface area contributed by atoms with Crippen molar-refractivity contribution >= 4 is 23.3 Å². The molecule has 3 rings (SSSR count). The minimum atomic E-state index is -0.624. The third-order valence-corrected chi connectivity index (χ3v) is 3.56. The van der Waals surface area contributed by atoms with Gasteiger partial charge >= 0.3 is 0 Å². The van der Waals surface area contributed by atoms with Crippen LogP contribution in [-0.2, 0) is 16.1 Å². The summed E-state index contributed by atoms with van der Waals surface area (Å²) >= 11 is 0. The van der Waals surface area contributed by atoms with Crippen LogP contribution in [0.2, 0.25) is 0 Å². The molecule has 8 heteroatoms. The van der Waals surface area contributed by atoms with E-state index in [9.17, 15) is 9.59 Å². The number of nitrogens with one attached hydrogen (secondary N) is 2. The van der Waals surface area contributed by atoms with Crippen molar-refractivity contribution in [3.05, 3.63) is 49.1 Å². The topological polar surface area (TPSA) is 91.6 Å². The number of aliphatic imine (C=N–C) groups is 1. The number of amides is 2. The Morgan fingerprint density at radius 2 is 2.12 bits per heavy atom. The SMILES string of the molecule is CC1N=C(C(=O)NCCn2ccnc2)NN(c2ccccc2)C1=O. The molecule has 2 amide bonds. The van der Waals surface area contributed by atoms with Crippen LogP contribution in [0.15, 0.2) is 54.0 Å². The fourth-order valence-corrected chi connectivity index (χ4v) is 2.31. The van der Waals surface area contributed by atoms with E-state index < -0.39 is 6.04 Å². The first-order valence-electron chi connectivity index (χ1n) is 7.62. The minimum Gasteiger partial charge on any atom is -0.348 e. The Morgan fingerprint density at radius 1 is 1.33 bits per heavy atom. The molecule has 1 unspecified atom stereocenters. The van der Waals surface area contributed by atoms with Gasteiger partial charge in [0.1, 0.15) is 6.04 Å². The largest absolute Gasteiger partial charge is 0.348 e. The predicted octanol–water partition coefficient (Wildman–Crippen LogP) is 0.338. The number of carbonyl (C=O) groups is 2. The molecule has 0 bridgehead atoms. The monoisotopic (exact) mass is 326 g/mol. The molecule has 1 aliphatic heterocycles. The molecule has 2 N–H and O–H groups in total. The van der Waals surface area contributed by atoms with Gasteiger partial charge in [-0.05, 0) is 19.1 Å². The number of anilines is 1. The summed E-state index contributed by atoms with van der Waals surface area (Å²) in [5.74, 6) is -0.442. The highest BCUT2D eigenvalue weighted by Gasteiger charge is 2.30. The smallest absolute Gasteiger partial charge is 0.288 e. The number of aromatic nitrogens is 2. The zero-order chi connectivity index (χ0) is 16.9. The molecule has 1 aliphatic rings. The highest BCUT2D eigenvalue weighted by atomic mass is 16.2. The first-order valence-corrected chi connectivity index (χ1v) is 7.62. The second-order valence-electron chi connectivity index (χ2n) is 5.33. The summed E-state index contributed by atoms with van der Waals surface area (Å²) in [4.78, 5) is 32.6. The van der Waals surface area contributed by atoms with Gasteiger partial charge in [0.05, 0.1) is 12.0 Å². The molecule has 2 aromatic rings. The number of rotatable bonds is 5. The van der Waals surface area contributed by atoms with Crippen molar-refractivity contribution in [3.63, 3.8) is 0 Å². The van der Waals surface area contributed by atoms with E-state index in [-0.39, 0.29) is 17.6 Å². The Labute approximate surface area is 139 Å². The van der Waals surface area contributed by atoms with Gasteiger partial charge in [0, 0.05) is 25.5 Å². The lowest BCUT2D eigenvalue weighted by molar-refractivity contribution is -0.120. The molecular formula is C16H18N6O2. The van der Waals surface area contributed by atoms with Crippen molar-refractivity contribution in [1.29, 1.82) is 0 Å². The Hall–Kier alpha value is -3.16. The lowest BCUT2D eigenvalue weighted by atomic mass is 10.2. The number of benzene rings is 1. The summed E-state index contributed by atoms with van der Waals surface area (Å²) in [5, 5.41) is 4.13. The molecular weight excluding hydrogens is 308 g/mol. The zero-order valence-corrected chi connectivity index (χ0v) is 13.2. The van der Waals surface area contributed by atoms with Crippen LogP contribution in [0.4, 0.5) is 5.69 Å². The summed E-state index contributed by atoms with van der Waals surface area (Å²) in [6, 6.07) is 8.46.